The molecule has 1 saturated heterocycles. The number of esters is 1. The summed E-state index contributed by atoms with van der Waals surface area (Å²) < 4.78 is 5.17. The zero-order valence-electron chi connectivity index (χ0n) is 12.1. The predicted octanol–water partition coefficient (Wildman–Crippen LogP) is 2.40. The van der Waals surface area contributed by atoms with Crippen molar-refractivity contribution in [3.05, 3.63) is 42.5 Å². The molecular weight excluding hydrogens is 266 g/mol. The van der Waals surface area contributed by atoms with Crippen molar-refractivity contribution in [1.82, 2.24) is 0 Å². The van der Waals surface area contributed by atoms with Crippen LogP contribution in [0.2, 0.25) is 0 Å². The first-order valence-corrected chi connectivity index (χ1v) is 7.34. The highest BCUT2D eigenvalue weighted by Gasteiger charge is 2.44. The highest BCUT2D eigenvalue weighted by atomic mass is 16.5. The van der Waals surface area contributed by atoms with E-state index in [2.05, 4.69) is 6.08 Å². The first kappa shape index (κ1) is 13.9. The van der Waals surface area contributed by atoms with Crippen molar-refractivity contribution >= 4 is 17.6 Å². The summed E-state index contributed by atoms with van der Waals surface area (Å²) in [5.41, 5.74) is 0.845. The van der Waals surface area contributed by atoms with Crippen LogP contribution in [0.25, 0.3) is 0 Å². The molecule has 4 nitrogen and oxygen atoms in total. The number of carbonyl (C=O) groups excluding carboxylic acids is 2. The Bertz CT molecular complexity index is 567. The van der Waals surface area contributed by atoms with E-state index in [1.54, 1.807) is 11.9 Å². The summed E-state index contributed by atoms with van der Waals surface area (Å²) in [4.78, 5) is 26.5. The average Bonchev–Trinajstić information content (AvgIpc) is 2.54. The fourth-order valence-electron chi connectivity index (χ4n) is 3.25. The molecule has 1 fully saturated rings. The normalized spacial score (nSPS) is 27.7. The minimum Gasteiger partial charge on any atom is -0.465 e. The summed E-state index contributed by atoms with van der Waals surface area (Å²) in [7, 11) is 1.76. The molecule has 0 spiro atoms. The first-order valence-electron chi connectivity index (χ1n) is 7.34. The molecule has 0 unspecified atom stereocenters. The summed E-state index contributed by atoms with van der Waals surface area (Å²) in [6, 6.07) is 9.51. The third-order valence-electron chi connectivity index (χ3n) is 4.43. The average molecular weight is 285 g/mol. The van der Waals surface area contributed by atoms with Crippen molar-refractivity contribution < 1.29 is 14.3 Å². The lowest BCUT2D eigenvalue weighted by Gasteiger charge is -2.37. The molecule has 21 heavy (non-hydrogen) atoms. The number of allylic oxidation sites excluding steroid dienone is 2. The van der Waals surface area contributed by atoms with Gasteiger partial charge in [0.15, 0.2) is 0 Å². The molecule has 0 aromatic heterocycles. The van der Waals surface area contributed by atoms with Crippen molar-refractivity contribution in [2.45, 2.75) is 12.8 Å². The monoisotopic (exact) mass is 285 g/mol. The van der Waals surface area contributed by atoms with Gasteiger partial charge >= 0.3 is 5.97 Å². The molecule has 3 rings (SSSR count). The van der Waals surface area contributed by atoms with E-state index in [0.717, 1.165) is 12.1 Å². The molecule has 0 saturated carbocycles. The molecule has 0 radical (unpaired) electrons. The quantitative estimate of drug-likeness (QED) is 0.619. The predicted molar refractivity (Wildman–Crippen MR) is 79.7 cm³/mol. The summed E-state index contributed by atoms with van der Waals surface area (Å²) in [5.74, 6) is -0.756. The van der Waals surface area contributed by atoms with E-state index < -0.39 is 0 Å². The Kier molecular flexibility index (Phi) is 3.78. The molecule has 1 amide bonds. The number of ether oxygens (including phenoxy) is 1. The number of anilines is 1. The van der Waals surface area contributed by atoms with Gasteiger partial charge in [-0.1, -0.05) is 30.4 Å². The fraction of sp³-hybridized carbons (Fsp3) is 0.412. The first-order chi connectivity index (χ1) is 10.2. The minimum absolute atomic E-state index is 0.0144. The summed E-state index contributed by atoms with van der Waals surface area (Å²) >= 11 is 0. The van der Waals surface area contributed by atoms with E-state index in [0.29, 0.717) is 13.0 Å². The second kappa shape index (κ2) is 5.72. The number of cyclic esters (lactones) is 1. The number of amides is 1. The number of nitrogens with zero attached hydrogens (tertiary/aromatic N) is 1. The number of hydrogen-bond acceptors (Lipinski definition) is 3. The maximum atomic E-state index is 12.8. The van der Waals surface area contributed by atoms with E-state index in [-0.39, 0.29) is 29.6 Å². The van der Waals surface area contributed by atoms with Gasteiger partial charge in [-0.15, -0.1) is 0 Å². The van der Waals surface area contributed by atoms with Crippen molar-refractivity contribution in [1.29, 1.82) is 0 Å². The van der Waals surface area contributed by atoms with Crippen LogP contribution in [0.3, 0.4) is 0 Å². The van der Waals surface area contributed by atoms with Crippen molar-refractivity contribution in [2.24, 2.45) is 17.8 Å². The Balaban J connectivity index is 1.83. The van der Waals surface area contributed by atoms with E-state index in [1.165, 1.54) is 0 Å². The van der Waals surface area contributed by atoms with Crippen LogP contribution in [0.4, 0.5) is 5.69 Å². The number of fused-ring (bicyclic) bond motifs is 1. The molecule has 1 aliphatic carbocycles. The van der Waals surface area contributed by atoms with Crippen LogP contribution in [0.15, 0.2) is 42.5 Å². The van der Waals surface area contributed by atoms with Gasteiger partial charge in [0.05, 0.1) is 18.4 Å². The molecule has 2 aliphatic rings. The van der Waals surface area contributed by atoms with Crippen molar-refractivity contribution in [3.63, 3.8) is 0 Å². The molecule has 1 aromatic carbocycles. The van der Waals surface area contributed by atoms with Crippen molar-refractivity contribution in [3.8, 4) is 0 Å². The lowest BCUT2D eigenvalue weighted by molar-refractivity contribution is -0.160. The zero-order valence-corrected chi connectivity index (χ0v) is 12.1. The van der Waals surface area contributed by atoms with Gasteiger partial charge in [-0.2, -0.15) is 0 Å². The van der Waals surface area contributed by atoms with Gasteiger partial charge in [0, 0.05) is 12.7 Å². The zero-order chi connectivity index (χ0) is 14.8. The van der Waals surface area contributed by atoms with Gasteiger partial charge in [0.1, 0.15) is 0 Å². The number of carbonyl (C=O) groups is 2. The van der Waals surface area contributed by atoms with Gasteiger partial charge in [0.25, 0.3) is 0 Å². The maximum absolute atomic E-state index is 12.8. The summed E-state index contributed by atoms with van der Waals surface area (Å²) in [6.45, 7) is 0.458. The van der Waals surface area contributed by atoms with Gasteiger partial charge in [-0.25, -0.2) is 0 Å². The molecule has 1 aliphatic heterocycles. The summed E-state index contributed by atoms with van der Waals surface area (Å²) in [6.07, 6.45) is 5.51. The van der Waals surface area contributed by atoms with E-state index in [9.17, 15) is 9.59 Å². The largest absolute Gasteiger partial charge is 0.465 e. The van der Waals surface area contributed by atoms with Gasteiger partial charge < -0.3 is 9.64 Å². The number of hydrogen-bond donors (Lipinski definition) is 0. The Morgan fingerprint density at radius 3 is 2.81 bits per heavy atom. The molecule has 1 aromatic rings. The number of rotatable bonds is 2. The highest BCUT2D eigenvalue weighted by Crippen LogP contribution is 2.37. The summed E-state index contributed by atoms with van der Waals surface area (Å²) in [5, 5.41) is 0. The van der Waals surface area contributed by atoms with Crippen molar-refractivity contribution in [2.75, 3.05) is 18.6 Å². The van der Waals surface area contributed by atoms with Gasteiger partial charge in [-0.05, 0) is 30.9 Å². The Hall–Kier alpha value is -2.10. The van der Waals surface area contributed by atoms with Crippen LogP contribution in [-0.2, 0) is 14.3 Å². The van der Waals surface area contributed by atoms with E-state index in [1.807, 2.05) is 36.4 Å². The lowest BCUT2D eigenvalue weighted by Crippen LogP contribution is -2.45. The fourth-order valence-corrected chi connectivity index (χ4v) is 3.25. The third-order valence-corrected chi connectivity index (χ3v) is 4.43. The molecular formula is C17H19NO3. The second-order valence-corrected chi connectivity index (χ2v) is 5.65. The van der Waals surface area contributed by atoms with E-state index >= 15 is 0 Å². The SMILES string of the molecule is CN(C(=O)[C@@H]1CC=C[C@@H]2CCOC(=O)[C@@H]21)c1ccccc1. The van der Waals surface area contributed by atoms with E-state index in [4.69, 9.17) is 4.74 Å². The Morgan fingerprint density at radius 1 is 1.29 bits per heavy atom. The minimum atomic E-state index is -0.331. The molecule has 110 valence electrons. The number of para-hydroxylation sites is 1. The third kappa shape index (κ3) is 2.58. The molecule has 0 N–H and O–H groups in total. The standard InChI is InChI=1S/C17H19NO3/c1-18(13-7-3-2-4-8-13)16(19)14-9-5-6-12-10-11-21-17(20)15(12)14/h2-8,12,14-15H,9-11H2,1H3/t12-,14-,15+/m1/s1. The van der Waals surface area contributed by atoms with Crippen LogP contribution in [0.1, 0.15) is 12.8 Å². The molecule has 4 heteroatoms. The molecule has 1 heterocycles. The van der Waals surface area contributed by atoms with Crippen LogP contribution in [0, 0.1) is 17.8 Å². The smallest absolute Gasteiger partial charge is 0.310 e. The molecule has 3 atom stereocenters. The molecule has 0 bridgehead atoms. The van der Waals surface area contributed by atoms with Crippen LogP contribution in [0.5, 0.6) is 0 Å². The highest BCUT2D eigenvalue weighted by molar-refractivity contribution is 5.97. The Morgan fingerprint density at radius 2 is 2.05 bits per heavy atom. The van der Waals surface area contributed by atoms with Gasteiger partial charge in [0.2, 0.25) is 5.91 Å². The topological polar surface area (TPSA) is 46.6 Å². The Labute approximate surface area is 124 Å². The second-order valence-electron chi connectivity index (χ2n) is 5.65. The number of benzene rings is 1. The van der Waals surface area contributed by atoms with Crippen LogP contribution >= 0.6 is 0 Å². The lowest BCUT2D eigenvalue weighted by atomic mass is 9.73. The van der Waals surface area contributed by atoms with Gasteiger partial charge in [-0.3, -0.25) is 9.59 Å². The van der Waals surface area contributed by atoms with Crippen LogP contribution in [-0.4, -0.2) is 25.5 Å². The van der Waals surface area contributed by atoms with Crippen LogP contribution < -0.4 is 4.90 Å². The maximum Gasteiger partial charge on any atom is 0.310 e.